The second kappa shape index (κ2) is 6.85. The van der Waals surface area contributed by atoms with Gasteiger partial charge in [0.05, 0.1) is 11.5 Å². The fraction of sp³-hybridized carbons (Fsp3) is 0.600. The lowest BCUT2D eigenvalue weighted by Gasteiger charge is -2.32. The zero-order valence-electron chi connectivity index (χ0n) is 12.5. The molecule has 0 saturated carbocycles. The van der Waals surface area contributed by atoms with Crippen molar-refractivity contribution in [3.63, 3.8) is 0 Å². The minimum atomic E-state index is -2.85. The Kier molecular flexibility index (Phi) is 5.35. The van der Waals surface area contributed by atoms with E-state index >= 15 is 0 Å². The molecule has 1 aliphatic heterocycles. The SMILES string of the molecule is CNC(c1ccccc1F)C(C)CN1CCS(=O)(=O)CC1. The Morgan fingerprint density at radius 2 is 1.90 bits per heavy atom. The molecular weight excluding hydrogens is 291 g/mol. The summed E-state index contributed by atoms with van der Waals surface area (Å²) in [5.41, 5.74) is 0.664. The van der Waals surface area contributed by atoms with E-state index in [-0.39, 0.29) is 29.3 Å². The number of halogens is 1. The average Bonchev–Trinajstić information content (AvgIpc) is 2.44. The van der Waals surface area contributed by atoms with E-state index in [4.69, 9.17) is 0 Å². The highest BCUT2D eigenvalue weighted by atomic mass is 32.2. The second-order valence-corrected chi connectivity index (χ2v) is 8.02. The minimum absolute atomic E-state index is 0.0790. The molecule has 1 fully saturated rings. The Labute approximate surface area is 126 Å². The van der Waals surface area contributed by atoms with Crippen LogP contribution in [0, 0.1) is 11.7 Å². The molecule has 2 rings (SSSR count). The van der Waals surface area contributed by atoms with Crippen LogP contribution in [0.3, 0.4) is 0 Å². The summed E-state index contributed by atoms with van der Waals surface area (Å²) in [5.74, 6) is 0.436. The predicted octanol–water partition coefficient (Wildman–Crippen LogP) is 1.45. The van der Waals surface area contributed by atoms with E-state index < -0.39 is 9.84 Å². The van der Waals surface area contributed by atoms with Crippen molar-refractivity contribution in [3.05, 3.63) is 35.6 Å². The first-order chi connectivity index (χ1) is 9.93. The van der Waals surface area contributed by atoms with Gasteiger partial charge in [-0.1, -0.05) is 25.1 Å². The van der Waals surface area contributed by atoms with Crippen LogP contribution in [-0.4, -0.2) is 51.5 Å². The molecule has 21 heavy (non-hydrogen) atoms. The number of sulfone groups is 1. The van der Waals surface area contributed by atoms with Crippen LogP contribution in [0.15, 0.2) is 24.3 Å². The smallest absolute Gasteiger partial charge is 0.152 e. The molecule has 0 bridgehead atoms. The van der Waals surface area contributed by atoms with E-state index in [0.29, 0.717) is 18.7 Å². The molecular formula is C15H23FN2O2S. The van der Waals surface area contributed by atoms with Gasteiger partial charge in [0.2, 0.25) is 0 Å². The Morgan fingerprint density at radius 3 is 2.48 bits per heavy atom. The highest BCUT2D eigenvalue weighted by Crippen LogP contribution is 2.25. The van der Waals surface area contributed by atoms with Crippen molar-refractivity contribution in [2.24, 2.45) is 5.92 Å². The molecule has 2 atom stereocenters. The molecule has 118 valence electrons. The largest absolute Gasteiger partial charge is 0.313 e. The van der Waals surface area contributed by atoms with Gasteiger partial charge in [-0.05, 0) is 19.0 Å². The molecule has 1 aromatic carbocycles. The van der Waals surface area contributed by atoms with Crippen LogP contribution in [0.1, 0.15) is 18.5 Å². The van der Waals surface area contributed by atoms with Gasteiger partial charge >= 0.3 is 0 Å². The summed E-state index contributed by atoms with van der Waals surface area (Å²) in [6.07, 6.45) is 0. The highest BCUT2D eigenvalue weighted by molar-refractivity contribution is 7.91. The molecule has 1 heterocycles. The van der Waals surface area contributed by atoms with E-state index in [1.165, 1.54) is 6.07 Å². The Bertz CT molecular complexity index is 563. The van der Waals surface area contributed by atoms with Crippen LogP contribution >= 0.6 is 0 Å². The molecule has 0 aliphatic carbocycles. The molecule has 1 N–H and O–H groups in total. The molecule has 1 saturated heterocycles. The maximum absolute atomic E-state index is 13.9. The first-order valence-corrected chi connectivity index (χ1v) is 9.09. The summed E-state index contributed by atoms with van der Waals surface area (Å²) in [5, 5.41) is 3.18. The lowest BCUT2D eigenvalue weighted by atomic mass is 9.93. The van der Waals surface area contributed by atoms with E-state index in [1.54, 1.807) is 12.1 Å². The Hall–Kier alpha value is -0.980. The molecule has 0 radical (unpaired) electrons. The lowest BCUT2D eigenvalue weighted by Crippen LogP contribution is -2.44. The third-order valence-corrected chi connectivity index (χ3v) is 5.71. The first-order valence-electron chi connectivity index (χ1n) is 7.27. The summed E-state index contributed by atoms with van der Waals surface area (Å²) in [6, 6.07) is 6.71. The number of nitrogens with zero attached hydrogens (tertiary/aromatic N) is 1. The summed E-state index contributed by atoms with van der Waals surface area (Å²) < 4.78 is 36.8. The molecule has 0 spiro atoms. The topological polar surface area (TPSA) is 49.4 Å². The van der Waals surface area contributed by atoms with Gasteiger partial charge in [0.1, 0.15) is 5.82 Å². The summed E-state index contributed by atoms with van der Waals surface area (Å²) in [4.78, 5) is 2.15. The molecule has 2 unspecified atom stereocenters. The standard InChI is InChI=1S/C15H23FN2O2S/c1-12(11-18-7-9-21(19,20)10-8-18)15(17-2)13-5-3-4-6-14(13)16/h3-6,12,15,17H,7-11H2,1-2H3. The maximum Gasteiger partial charge on any atom is 0.152 e. The summed E-state index contributed by atoms with van der Waals surface area (Å²) in [6.45, 7) is 3.97. The van der Waals surface area contributed by atoms with E-state index in [1.807, 2.05) is 13.1 Å². The van der Waals surface area contributed by atoms with Crippen LogP contribution in [-0.2, 0) is 9.84 Å². The van der Waals surface area contributed by atoms with Crippen LogP contribution in [0.2, 0.25) is 0 Å². The quantitative estimate of drug-likeness (QED) is 0.894. The summed E-state index contributed by atoms with van der Waals surface area (Å²) >= 11 is 0. The predicted molar refractivity (Wildman–Crippen MR) is 82.5 cm³/mol. The zero-order valence-corrected chi connectivity index (χ0v) is 13.4. The number of hydrogen-bond acceptors (Lipinski definition) is 4. The van der Waals surface area contributed by atoms with Gasteiger partial charge in [0.25, 0.3) is 0 Å². The monoisotopic (exact) mass is 314 g/mol. The van der Waals surface area contributed by atoms with Gasteiger partial charge in [0, 0.05) is 31.2 Å². The summed E-state index contributed by atoms with van der Waals surface area (Å²) in [7, 11) is -1.03. The van der Waals surface area contributed by atoms with Gasteiger partial charge in [0.15, 0.2) is 9.84 Å². The van der Waals surface area contributed by atoms with E-state index in [0.717, 1.165) is 6.54 Å². The van der Waals surface area contributed by atoms with E-state index in [2.05, 4.69) is 17.1 Å². The normalized spacial score (nSPS) is 21.9. The van der Waals surface area contributed by atoms with Crippen LogP contribution in [0.5, 0.6) is 0 Å². The van der Waals surface area contributed by atoms with Gasteiger partial charge in [-0.2, -0.15) is 0 Å². The van der Waals surface area contributed by atoms with Gasteiger partial charge < -0.3 is 10.2 Å². The number of nitrogens with one attached hydrogen (secondary N) is 1. The fourth-order valence-corrected chi connectivity index (χ4v) is 4.20. The lowest BCUT2D eigenvalue weighted by molar-refractivity contribution is 0.226. The molecule has 1 aliphatic rings. The molecule has 6 heteroatoms. The first kappa shape index (κ1) is 16.4. The van der Waals surface area contributed by atoms with Crippen molar-refractivity contribution >= 4 is 9.84 Å². The van der Waals surface area contributed by atoms with Crippen molar-refractivity contribution in [1.29, 1.82) is 0 Å². The van der Waals surface area contributed by atoms with Crippen molar-refractivity contribution in [2.45, 2.75) is 13.0 Å². The number of benzene rings is 1. The van der Waals surface area contributed by atoms with Crippen LogP contribution < -0.4 is 5.32 Å². The van der Waals surface area contributed by atoms with Crippen LogP contribution in [0.4, 0.5) is 4.39 Å². The minimum Gasteiger partial charge on any atom is -0.313 e. The van der Waals surface area contributed by atoms with E-state index in [9.17, 15) is 12.8 Å². The molecule has 0 aromatic heterocycles. The Morgan fingerprint density at radius 1 is 1.29 bits per heavy atom. The third-order valence-electron chi connectivity index (χ3n) is 4.10. The second-order valence-electron chi connectivity index (χ2n) is 5.72. The van der Waals surface area contributed by atoms with Crippen molar-refractivity contribution < 1.29 is 12.8 Å². The molecule has 4 nitrogen and oxygen atoms in total. The zero-order chi connectivity index (χ0) is 15.5. The highest BCUT2D eigenvalue weighted by Gasteiger charge is 2.26. The number of hydrogen-bond donors (Lipinski definition) is 1. The fourth-order valence-electron chi connectivity index (χ4n) is 2.92. The van der Waals surface area contributed by atoms with Crippen molar-refractivity contribution in [1.82, 2.24) is 10.2 Å². The molecule has 0 amide bonds. The van der Waals surface area contributed by atoms with Gasteiger partial charge in [-0.15, -0.1) is 0 Å². The van der Waals surface area contributed by atoms with Crippen molar-refractivity contribution in [3.8, 4) is 0 Å². The number of rotatable bonds is 5. The molecule has 1 aromatic rings. The van der Waals surface area contributed by atoms with Crippen molar-refractivity contribution in [2.75, 3.05) is 38.2 Å². The maximum atomic E-state index is 13.9. The average molecular weight is 314 g/mol. The van der Waals surface area contributed by atoms with Gasteiger partial charge in [-0.25, -0.2) is 12.8 Å². The van der Waals surface area contributed by atoms with Crippen LogP contribution in [0.25, 0.3) is 0 Å². The Balaban J connectivity index is 2.01. The van der Waals surface area contributed by atoms with Gasteiger partial charge in [-0.3, -0.25) is 0 Å². The third kappa shape index (κ3) is 4.25.